The molecule has 0 aromatic carbocycles. The summed E-state index contributed by atoms with van der Waals surface area (Å²) < 4.78 is 25.4. The molecule has 1 saturated carbocycles. The van der Waals surface area contributed by atoms with E-state index in [2.05, 4.69) is 11.9 Å². The second-order valence-electron chi connectivity index (χ2n) is 5.36. The standard InChI is InChI=1S/C14H26N2O3S/c1-3-11-15-14(17)10-12-16(20(2,18)19)13-8-6-4-5-7-9-13/h3,13H,1,4-12H2,2H3,(H,15,17). The molecule has 1 N–H and O–H groups in total. The summed E-state index contributed by atoms with van der Waals surface area (Å²) in [5.41, 5.74) is 0. The lowest BCUT2D eigenvalue weighted by atomic mass is 10.1. The molecule has 5 nitrogen and oxygen atoms in total. The maximum Gasteiger partial charge on any atom is 0.221 e. The first-order chi connectivity index (χ1) is 9.45. The Hall–Kier alpha value is -0.880. The normalized spacial score (nSPS) is 17.7. The van der Waals surface area contributed by atoms with Crippen LogP contribution >= 0.6 is 0 Å². The summed E-state index contributed by atoms with van der Waals surface area (Å²) >= 11 is 0. The summed E-state index contributed by atoms with van der Waals surface area (Å²) in [5, 5.41) is 2.68. The van der Waals surface area contributed by atoms with Gasteiger partial charge in [0, 0.05) is 25.6 Å². The quantitative estimate of drug-likeness (QED) is 0.574. The van der Waals surface area contributed by atoms with E-state index in [1.807, 2.05) is 0 Å². The highest BCUT2D eigenvalue weighted by Crippen LogP contribution is 2.23. The molecule has 0 heterocycles. The Bertz CT molecular complexity index is 412. The number of sulfonamides is 1. The zero-order chi connectivity index (χ0) is 15.0. The van der Waals surface area contributed by atoms with Gasteiger partial charge in [-0.1, -0.05) is 31.8 Å². The summed E-state index contributed by atoms with van der Waals surface area (Å²) in [6.45, 7) is 4.22. The van der Waals surface area contributed by atoms with Crippen molar-refractivity contribution in [1.82, 2.24) is 9.62 Å². The molecule has 1 aliphatic carbocycles. The second kappa shape index (κ2) is 8.42. The van der Waals surface area contributed by atoms with Crippen LogP contribution in [0.1, 0.15) is 44.9 Å². The van der Waals surface area contributed by atoms with Gasteiger partial charge in [0.1, 0.15) is 0 Å². The lowest BCUT2D eigenvalue weighted by Gasteiger charge is -2.28. The largest absolute Gasteiger partial charge is 0.353 e. The Labute approximate surface area is 122 Å². The van der Waals surface area contributed by atoms with Gasteiger partial charge in [-0.25, -0.2) is 8.42 Å². The van der Waals surface area contributed by atoms with Crippen LogP contribution < -0.4 is 5.32 Å². The minimum absolute atomic E-state index is 0.0553. The number of carbonyl (C=O) groups excluding carboxylic acids is 1. The molecule has 116 valence electrons. The summed E-state index contributed by atoms with van der Waals surface area (Å²) in [6, 6.07) is 0.0553. The number of rotatable bonds is 7. The van der Waals surface area contributed by atoms with Crippen molar-refractivity contribution in [2.75, 3.05) is 19.3 Å². The number of carbonyl (C=O) groups is 1. The third kappa shape index (κ3) is 6.05. The Balaban J connectivity index is 2.60. The molecule has 0 aromatic heterocycles. The van der Waals surface area contributed by atoms with Crippen LogP contribution in [0, 0.1) is 0 Å². The number of hydrogen-bond donors (Lipinski definition) is 1. The van der Waals surface area contributed by atoms with E-state index in [1.54, 1.807) is 6.08 Å². The summed E-state index contributed by atoms with van der Waals surface area (Å²) in [5.74, 6) is -0.132. The van der Waals surface area contributed by atoms with Crippen LogP contribution in [0.4, 0.5) is 0 Å². The van der Waals surface area contributed by atoms with Crippen molar-refractivity contribution in [2.24, 2.45) is 0 Å². The second-order valence-corrected chi connectivity index (χ2v) is 7.30. The van der Waals surface area contributed by atoms with E-state index < -0.39 is 10.0 Å². The topological polar surface area (TPSA) is 66.5 Å². The van der Waals surface area contributed by atoms with Crippen molar-refractivity contribution < 1.29 is 13.2 Å². The molecular formula is C14H26N2O3S. The lowest BCUT2D eigenvalue weighted by Crippen LogP contribution is -2.41. The van der Waals surface area contributed by atoms with Gasteiger partial charge in [-0.15, -0.1) is 6.58 Å². The van der Waals surface area contributed by atoms with Gasteiger partial charge in [0.2, 0.25) is 15.9 Å². The number of amides is 1. The van der Waals surface area contributed by atoms with E-state index in [1.165, 1.54) is 23.4 Å². The summed E-state index contributed by atoms with van der Waals surface area (Å²) in [4.78, 5) is 11.6. The maximum absolute atomic E-state index is 11.9. The SMILES string of the molecule is C=CCNC(=O)CCN(C1CCCCCC1)S(C)(=O)=O. The first-order valence-electron chi connectivity index (χ1n) is 7.29. The number of hydrogen-bond acceptors (Lipinski definition) is 3. The van der Waals surface area contributed by atoms with Crippen molar-refractivity contribution in [3.05, 3.63) is 12.7 Å². The van der Waals surface area contributed by atoms with E-state index in [9.17, 15) is 13.2 Å². The van der Waals surface area contributed by atoms with Crippen molar-refractivity contribution in [2.45, 2.75) is 51.0 Å². The van der Waals surface area contributed by atoms with Gasteiger partial charge in [-0.05, 0) is 12.8 Å². The first kappa shape index (κ1) is 17.2. The number of nitrogens with one attached hydrogen (secondary N) is 1. The lowest BCUT2D eigenvalue weighted by molar-refractivity contribution is -0.121. The predicted molar refractivity (Wildman–Crippen MR) is 80.9 cm³/mol. The van der Waals surface area contributed by atoms with E-state index in [0.717, 1.165) is 25.7 Å². The zero-order valence-corrected chi connectivity index (χ0v) is 13.1. The third-order valence-corrected chi connectivity index (χ3v) is 4.99. The van der Waals surface area contributed by atoms with Crippen molar-refractivity contribution in [1.29, 1.82) is 0 Å². The van der Waals surface area contributed by atoms with Crippen LogP contribution in [0.3, 0.4) is 0 Å². The van der Waals surface area contributed by atoms with Crippen molar-refractivity contribution in [3.8, 4) is 0 Å². The van der Waals surface area contributed by atoms with E-state index >= 15 is 0 Å². The van der Waals surface area contributed by atoms with E-state index in [0.29, 0.717) is 6.54 Å². The molecule has 0 spiro atoms. The van der Waals surface area contributed by atoms with Crippen LogP contribution in [-0.4, -0.2) is 44.0 Å². The average molecular weight is 302 g/mol. The minimum Gasteiger partial charge on any atom is -0.353 e. The summed E-state index contributed by atoms with van der Waals surface area (Å²) in [7, 11) is -3.26. The van der Waals surface area contributed by atoms with Gasteiger partial charge in [0.05, 0.1) is 6.26 Å². The van der Waals surface area contributed by atoms with E-state index in [4.69, 9.17) is 0 Å². The molecule has 0 saturated heterocycles. The highest BCUT2D eigenvalue weighted by atomic mass is 32.2. The molecule has 0 aromatic rings. The molecule has 0 atom stereocenters. The van der Waals surface area contributed by atoms with Crippen molar-refractivity contribution >= 4 is 15.9 Å². The predicted octanol–water partition coefficient (Wildman–Crippen LogP) is 1.66. The third-order valence-electron chi connectivity index (χ3n) is 3.66. The van der Waals surface area contributed by atoms with E-state index in [-0.39, 0.29) is 24.9 Å². The fraction of sp³-hybridized carbons (Fsp3) is 0.786. The van der Waals surface area contributed by atoms with Gasteiger partial charge in [-0.2, -0.15) is 4.31 Å². The molecule has 0 unspecified atom stereocenters. The monoisotopic (exact) mass is 302 g/mol. The zero-order valence-electron chi connectivity index (χ0n) is 12.3. The van der Waals surface area contributed by atoms with Crippen LogP contribution in [0.2, 0.25) is 0 Å². The highest BCUT2D eigenvalue weighted by Gasteiger charge is 2.27. The van der Waals surface area contributed by atoms with Crippen LogP contribution in [0.25, 0.3) is 0 Å². The van der Waals surface area contributed by atoms with Gasteiger partial charge in [-0.3, -0.25) is 4.79 Å². The molecule has 1 fully saturated rings. The molecular weight excluding hydrogens is 276 g/mol. The van der Waals surface area contributed by atoms with Gasteiger partial charge < -0.3 is 5.32 Å². The molecule has 0 radical (unpaired) electrons. The molecule has 6 heteroatoms. The Kier molecular flexibility index (Phi) is 7.23. The Morgan fingerprint density at radius 1 is 1.30 bits per heavy atom. The van der Waals surface area contributed by atoms with Crippen LogP contribution in [-0.2, 0) is 14.8 Å². The van der Waals surface area contributed by atoms with Gasteiger partial charge >= 0.3 is 0 Å². The fourth-order valence-electron chi connectivity index (χ4n) is 2.65. The molecule has 20 heavy (non-hydrogen) atoms. The maximum atomic E-state index is 11.9. The van der Waals surface area contributed by atoms with Gasteiger partial charge in [0.25, 0.3) is 0 Å². The molecule has 0 aliphatic heterocycles. The van der Waals surface area contributed by atoms with Crippen LogP contribution in [0.15, 0.2) is 12.7 Å². The van der Waals surface area contributed by atoms with Crippen LogP contribution in [0.5, 0.6) is 0 Å². The van der Waals surface area contributed by atoms with Gasteiger partial charge in [0.15, 0.2) is 0 Å². The van der Waals surface area contributed by atoms with Crippen molar-refractivity contribution in [3.63, 3.8) is 0 Å². The first-order valence-corrected chi connectivity index (χ1v) is 9.14. The highest BCUT2D eigenvalue weighted by molar-refractivity contribution is 7.88. The molecule has 1 amide bonds. The fourth-order valence-corrected chi connectivity index (χ4v) is 3.83. The Morgan fingerprint density at radius 2 is 1.90 bits per heavy atom. The minimum atomic E-state index is -3.26. The molecule has 1 aliphatic rings. The smallest absolute Gasteiger partial charge is 0.221 e. The summed E-state index contributed by atoms with van der Waals surface area (Å²) in [6.07, 6.45) is 9.34. The number of nitrogens with zero attached hydrogens (tertiary/aromatic N) is 1. The molecule has 1 rings (SSSR count). The average Bonchev–Trinajstić information content (AvgIpc) is 2.64. The Morgan fingerprint density at radius 3 is 2.40 bits per heavy atom. The molecule has 0 bridgehead atoms.